The zero-order valence-electron chi connectivity index (χ0n) is 17.0. The van der Waals surface area contributed by atoms with Crippen molar-refractivity contribution in [2.24, 2.45) is 0 Å². The van der Waals surface area contributed by atoms with E-state index in [1.54, 1.807) is 36.2 Å². The number of aromatic nitrogens is 2. The maximum atomic E-state index is 12.8. The molecule has 1 aliphatic rings. The van der Waals surface area contributed by atoms with E-state index in [1.165, 1.54) is 0 Å². The highest BCUT2D eigenvalue weighted by Crippen LogP contribution is 2.32. The number of hydrogen-bond acceptors (Lipinski definition) is 5. The van der Waals surface area contributed by atoms with E-state index in [-0.39, 0.29) is 12.7 Å². The number of pyridine rings is 1. The first-order chi connectivity index (χ1) is 15.2. The van der Waals surface area contributed by atoms with E-state index in [1.807, 2.05) is 53.2 Å². The van der Waals surface area contributed by atoms with Gasteiger partial charge in [0.25, 0.3) is 5.91 Å². The molecule has 0 unspecified atom stereocenters. The molecule has 0 saturated carbocycles. The molecule has 2 aromatic carbocycles. The standard InChI is InChI=1S/C24H21N3O4/c1-26(13-17-5-10-21-22(12-17)31-16-30-21)24(28)18-6-8-20(9-7-18)29-15-19-14-27-11-3-2-4-23(27)25-19/h2-12,14H,13,15-16H2,1H3. The number of carbonyl (C=O) groups excluding carboxylic acids is 1. The molecule has 0 saturated heterocycles. The molecule has 7 heteroatoms. The number of nitrogens with zero attached hydrogens (tertiary/aromatic N) is 3. The summed E-state index contributed by atoms with van der Waals surface area (Å²) in [6.07, 6.45) is 3.89. The predicted octanol–water partition coefficient (Wildman–Crippen LogP) is 3.91. The third kappa shape index (κ3) is 4.02. The third-order valence-electron chi connectivity index (χ3n) is 5.11. The summed E-state index contributed by atoms with van der Waals surface area (Å²) < 4.78 is 18.5. The summed E-state index contributed by atoms with van der Waals surface area (Å²) in [5.41, 5.74) is 3.30. The first-order valence-electron chi connectivity index (χ1n) is 9.95. The van der Waals surface area contributed by atoms with E-state index >= 15 is 0 Å². The van der Waals surface area contributed by atoms with E-state index in [9.17, 15) is 4.79 Å². The van der Waals surface area contributed by atoms with E-state index in [0.29, 0.717) is 30.2 Å². The summed E-state index contributed by atoms with van der Waals surface area (Å²) in [5, 5.41) is 0. The van der Waals surface area contributed by atoms with Crippen LogP contribution in [0.4, 0.5) is 0 Å². The molecule has 0 bridgehead atoms. The average molecular weight is 415 g/mol. The van der Waals surface area contributed by atoms with Crippen LogP contribution < -0.4 is 14.2 Å². The second-order valence-corrected chi connectivity index (χ2v) is 7.36. The van der Waals surface area contributed by atoms with Crippen LogP contribution in [-0.2, 0) is 13.2 Å². The Morgan fingerprint density at radius 3 is 2.77 bits per heavy atom. The first-order valence-corrected chi connectivity index (χ1v) is 9.95. The topological polar surface area (TPSA) is 65.3 Å². The van der Waals surface area contributed by atoms with Gasteiger partial charge in [0.1, 0.15) is 18.0 Å². The van der Waals surface area contributed by atoms with E-state index in [2.05, 4.69) is 4.98 Å². The smallest absolute Gasteiger partial charge is 0.253 e. The molecule has 2 aromatic heterocycles. The second-order valence-electron chi connectivity index (χ2n) is 7.36. The van der Waals surface area contributed by atoms with Gasteiger partial charge in [0.15, 0.2) is 11.5 Å². The van der Waals surface area contributed by atoms with Crippen LogP contribution in [0.1, 0.15) is 21.6 Å². The van der Waals surface area contributed by atoms with E-state index in [4.69, 9.17) is 14.2 Å². The zero-order valence-corrected chi connectivity index (χ0v) is 17.0. The number of ether oxygens (including phenoxy) is 3. The van der Waals surface area contributed by atoms with Gasteiger partial charge in [0.2, 0.25) is 6.79 Å². The molecule has 0 radical (unpaired) electrons. The van der Waals surface area contributed by atoms with E-state index in [0.717, 1.165) is 22.7 Å². The van der Waals surface area contributed by atoms with Crippen molar-refractivity contribution in [1.29, 1.82) is 0 Å². The number of hydrogen-bond donors (Lipinski definition) is 0. The van der Waals surface area contributed by atoms with Crippen molar-refractivity contribution in [3.8, 4) is 17.2 Å². The molecule has 0 atom stereocenters. The lowest BCUT2D eigenvalue weighted by atomic mass is 10.1. The minimum Gasteiger partial charge on any atom is -0.487 e. The maximum Gasteiger partial charge on any atom is 0.253 e. The Kier molecular flexibility index (Phi) is 4.92. The number of amides is 1. The third-order valence-corrected chi connectivity index (χ3v) is 5.11. The molecule has 31 heavy (non-hydrogen) atoms. The predicted molar refractivity (Wildman–Crippen MR) is 114 cm³/mol. The zero-order chi connectivity index (χ0) is 21.2. The van der Waals surface area contributed by atoms with Crippen LogP contribution >= 0.6 is 0 Å². The van der Waals surface area contributed by atoms with Gasteiger partial charge in [-0.25, -0.2) is 4.98 Å². The van der Waals surface area contributed by atoms with Gasteiger partial charge in [-0.1, -0.05) is 12.1 Å². The molecule has 0 fully saturated rings. The fourth-order valence-electron chi connectivity index (χ4n) is 3.51. The number of benzene rings is 2. The van der Waals surface area contributed by atoms with Crippen LogP contribution in [0, 0.1) is 0 Å². The van der Waals surface area contributed by atoms with Crippen molar-refractivity contribution in [2.45, 2.75) is 13.2 Å². The summed E-state index contributed by atoms with van der Waals surface area (Å²) in [6, 6.07) is 18.7. The fourth-order valence-corrected chi connectivity index (χ4v) is 3.51. The molecule has 156 valence electrons. The van der Waals surface area contributed by atoms with Crippen molar-refractivity contribution >= 4 is 11.6 Å². The van der Waals surface area contributed by atoms with E-state index < -0.39 is 0 Å². The van der Waals surface area contributed by atoms with Gasteiger partial charge >= 0.3 is 0 Å². The summed E-state index contributed by atoms with van der Waals surface area (Å²) in [6.45, 7) is 1.07. The Bertz CT molecular complexity index is 1200. The van der Waals surface area contributed by atoms with Crippen molar-refractivity contribution < 1.29 is 19.0 Å². The number of fused-ring (bicyclic) bond motifs is 2. The Morgan fingerprint density at radius 1 is 1.10 bits per heavy atom. The number of carbonyl (C=O) groups is 1. The molecule has 0 spiro atoms. The largest absolute Gasteiger partial charge is 0.487 e. The fraction of sp³-hybridized carbons (Fsp3) is 0.167. The van der Waals surface area contributed by atoms with Crippen molar-refractivity contribution in [1.82, 2.24) is 14.3 Å². The molecule has 3 heterocycles. The lowest BCUT2D eigenvalue weighted by Crippen LogP contribution is -2.26. The quantitative estimate of drug-likeness (QED) is 0.478. The highest BCUT2D eigenvalue weighted by molar-refractivity contribution is 5.94. The van der Waals surface area contributed by atoms with Crippen molar-refractivity contribution in [2.75, 3.05) is 13.8 Å². The Morgan fingerprint density at radius 2 is 1.94 bits per heavy atom. The van der Waals surface area contributed by atoms with Crippen molar-refractivity contribution in [3.63, 3.8) is 0 Å². The lowest BCUT2D eigenvalue weighted by molar-refractivity contribution is 0.0785. The Hall–Kier alpha value is -4.00. The van der Waals surface area contributed by atoms with Gasteiger partial charge in [0.05, 0.1) is 5.69 Å². The van der Waals surface area contributed by atoms with Crippen LogP contribution in [-0.4, -0.2) is 34.0 Å². The molecular formula is C24H21N3O4. The highest BCUT2D eigenvalue weighted by Gasteiger charge is 2.16. The minimum atomic E-state index is -0.0652. The SMILES string of the molecule is CN(Cc1ccc2c(c1)OCO2)C(=O)c1ccc(OCc2cn3ccccc3n2)cc1. The van der Waals surface area contributed by atoms with Crippen molar-refractivity contribution in [3.05, 3.63) is 89.9 Å². The van der Waals surface area contributed by atoms with Gasteiger partial charge < -0.3 is 23.5 Å². The Labute approximate surface area is 179 Å². The van der Waals surface area contributed by atoms with Crippen LogP contribution in [0.2, 0.25) is 0 Å². The molecule has 1 amide bonds. The monoisotopic (exact) mass is 415 g/mol. The minimum absolute atomic E-state index is 0.0652. The molecule has 0 aliphatic carbocycles. The molecule has 0 N–H and O–H groups in total. The highest BCUT2D eigenvalue weighted by atomic mass is 16.7. The van der Waals surface area contributed by atoms with Crippen LogP contribution in [0.15, 0.2) is 73.1 Å². The molecule has 1 aliphatic heterocycles. The maximum absolute atomic E-state index is 12.8. The average Bonchev–Trinajstić information content (AvgIpc) is 3.43. The normalized spacial score (nSPS) is 12.2. The second kappa shape index (κ2) is 8.02. The van der Waals surface area contributed by atoms with Gasteiger partial charge in [-0.3, -0.25) is 4.79 Å². The van der Waals surface area contributed by atoms with Gasteiger partial charge in [0, 0.05) is 31.5 Å². The van der Waals surface area contributed by atoms with Gasteiger partial charge in [-0.2, -0.15) is 0 Å². The van der Waals surface area contributed by atoms with Gasteiger partial charge in [-0.15, -0.1) is 0 Å². The number of rotatable bonds is 6. The summed E-state index contributed by atoms with van der Waals surface area (Å²) in [7, 11) is 1.78. The lowest BCUT2D eigenvalue weighted by Gasteiger charge is -2.18. The number of imidazole rings is 1. The van der Waals surface area contributed by atoms with Crippen LogP contribution in [0.25, 0.3) is 5.65 Å². The first kappa shape index (κ1) is 19.0. The van der Waals surface area contributed by atoms with Crippen LogP contribution in [0.5, 0.6) is 17.2 Å². The van der Waals surface area contributed by atoms with Gasteiger partial charge in [-0.05, 0) is 54.1 Å². The molecule has 4 aromatic rings. The van der Waals surface area contributed by atoms with Crippen LogP contribution in [0.3, 0.4) is 0 Å². The molecule has 7 nitrogen and oxygen atoms in total. The summed E-state index contributed by atoms with van der Waals surface area (Å²) >= 11 is 0. The molecular weight excluding hydrogens is 394 g/mol. The summed E-state index contributed by atoms with van der Waals surface area (Å²) in [4.78, 5) is 19.0. The summed E-state index contributed by atoms with van der Waals surface area (Å²) in [5.74, 6) is 2.07. The molecule has 5 rings (SSSR count). The Balaban J connectivity index is 1.20.